The summed E-state index contributed by atoms with van der Waals surface area (Å²) in [7, 11) is 0. The Bertz CT molecular complexity index is 421. The van der Waals surface area contributed by atoms with Gasteiger partial charge in [0, 0.05) is 13.1 Å². The summed E-state index contributed by atoms with van der Waals surface area (Å²) >= 11 is 0. The van der Waals surface area contributed by atoms with E-state index in [4.69, 9.17) is 0 Å². The standard InChI is InChI=1S/C17H26N2O/c1-3-12-19(13-15-9-7-14(2)8-10-15)17(20)16-6-4-5-11-18-16/h7-10,16,18H,3-6,11-13H2,1-2H3. The second kappa shape index (κ2) is 7.44. The zero-order chi connectivity index (χ0) is 14.4. The molecule has 1 amide bonds. The highest BCUT2D eigenvalue weighted by Crippen LogP contribution is 2.13. The van der Waals surface area contributed by atoms with E-state index in [-0.39, 0.29) is 11.9 Å². The summed E-state index contributed by atoms with van der Waals surface area (Å²) in [5.74, 6) is 0.270. The molecular weight excluding hydrogens is 248 g/mol. The molecule has 0 aromatic heterocycles. The molecule has 110 valence electrons. The molecule has 3 nitrogen and oxygen atoms in total. The van der Waals surface area contributed by atoms with E-state index in [1.807, 2.05) is 4.90 Å². The highest BCUT2D eigenvalue weighted by molar-refractivity contribution is 5.82. The fourth-order valence-corrected chi connectivity index (χ4v) is 2.73. The summed E-state index contributed by atoms with van der Waals surface area (Å²) in [6, 6.07) is 8.51. The average molecular weight is 274 g/mol. The van der Waals surface area contributed by atoms with Gasteiger partial charge >= 0.3 is 0 Å². The van der Waals surface area contributed by atoms with Crippen molar-refractivity contribution in [3.8, 4) is 0 Å². The van der Waals surface area contributed by atoms with Gasteiger partial charge in [0.2, 0.25) is 5.91 Å². The lowest BCUT2D eigenvalue weighted by atomic mass is 10.0. The van der Waals surface area contributed by atoms with Gasteiger partial charge in [-0.25, -0.2) is 0 Å². The van der Waals surface area contributed by atoms with Gasteiger partial charge in [0.05, 0.1) is 6.04 Å². The molecule has 1 heterocycles. The minimum atomic E-state index is 0.0285. The molecule has 1 unspecified atom stereocenters. The molecule has 1 atom stereocenters. The number of benzene rings is 1. The van der Waals surface area contributed by atoms with Crippen LogP contribution in [0.4, 0.5) is 0 Å². The number of hydrogen-bond donors (Lipinski definition) is 1. The van der Waals surface area contributed by atoms with Crippen LogP contribution in [-0.4, -0.2) is 29.9 Å². The molecule has 1 fully saturated rings. The van der Waals surface area contributed by atoms with Gasteiger partial charge < -0.3 is 10.2 Å². The van der Waals surface area contributed by atoms with Crippen molar-refractivity contribution in [2.45, 2.75) is 52.1 Å². The van der Waals surface area contributed by atoms with Crippen molar-refractivity contribution in [3.63, 3.8) is 0 Å². The lowest BCUT2D eigenvalue weighted by Crippen LogP contribution is -2.48. The van der Waals surface area contributed by atoms with Crippen LogP contribution >= 0.6 is 0 Å². The Balaban J connectivity index is 2.01. The van der Waals surface area contributed by atoms with Crippen LogP contribution in [0.3, 0.4) is 0 Å². The van der Waals surface area contributed by atoms with E-state index in [2.05, 4.69) is 43.4 Å². The summed E-state index contributed by atoms with van der Waals surface area (Å²) in [5, 5.41) is 3.36. The molecule has 1 aliphatic heterocycles. The Morgan fingerprint density at radius 3 is 2.65 bits per heavy atom. The van der Waals surface area contributed by atoms with E-state index in [9.17, 15) is 4.79 Å². The molecule has 0 aliphatic carbocycles. The molecule has 1 saturated heterocycles. The van der Waals surface area contributed by atoms with E-state index >= 15 is 0 Å². The van der Waals surface area contributed by atoms with Gasteiger partial charge in [0.1, 0.15) is 0 Å². The third-order valence-electron chi connectivity index (χ3n) is 3.91. The van der Waals surface area contributed by atoms with Crippen molar-refractivity contribution in [3.05, 3.63) is 35.4 Å². The maximum atomic E-state index is 12.6. The van der Waals surface area contributed by atoms with E-state index < -0.39 is 0 Å². The van der Waals surface area contributed by atoms with Gasteiger partial charge in [-0.05, 0) is 38.3 Å². The number of hydrogen-bond acceptors (Lipinski definition) is 2. The number of nitrogens with one attached hydrogen (secondary N) is 1. The van der Waals surface area contributed by atoms with Gasteiger partial charge in [-0.1, -0.05) is 43.2 Å². The maximum Gasteiger partial charge on any atom is 0.240 e. The van der Waals surface area contributed by atoms with Crippen LogP contribution in [0.1, 0.15) is 43.7 Å². The number of amides is 1. The first kappa shape index (κ1) is 15.0. The van der Waals surface area contributed by atoms with Gasteiger partial charge in [-0.15, -0.1) is 0 Å². The van der Waals surface area contributed by atoms with Gasteiger partial charge in [0.15, 0.2) is 0 Å². The average Bonchev–Trinajstić information content (AvgIpc) is 2.49. The topological polar surface area (TPSA) is 32.3 Å². The van der Waals surface area contributed by atoms with Gasteiger partial charge in [-0.3, -0.25) is 4.79 Å². The van der Waals surface area contributed by atoms with Crippen LogP contribution in [-0.2, 0) is 11.3 Å². The summed E-state index contributed by atoms with van der Waals surface area (Å²) < 4.78 is 0. The van der Waals surface area contributed by atoms with Crippen LogP contribution in [0, 0.1) is 6.92 Å². The lowest BCUT2D eigenvalue weighted by Gasteiger charge is -2.30. The number of nitrogens with zero attached hydrogens (tertiary/aromatic N) is 1. The highest BCUT2D eigenvalue weighted by Gasteiger charge is 2.25. The smallest absolute Gasteiger partial charge is 0.240 e. The van der Waals surface area contributed by atoms with E-state index in [0.717, 1.165) is 38.9 Å². The molecule has 20 heavy (non-hydrogen) atoms. The molecule has 1 aliphatic rings. The van der Waals surface area contributed by atoms with Crippen LogP contribution in [0.5, 0.6) is 0 Å². The predicted octanol–water partition coefficient (Wildman–Crippen LogP) is 2.88. The minimum absolute atomic E-state index is 0.0285. The number of carbonyl (C=O) groups excluding carboxylic acids is 1. The Morgan fingerprint density at radius 1 is 1.30 bits per heavy atom. The summed E-state index contributed by atoms with van der Waals surface area (Å²) in [6.45, 7) is 6.76. The number of carbonyl (C=O) groups is 1. The van der Waals surface area contributed by atoms with Gasteiger partial charge in [-0.2, -0.15) is 0 Å². The number of rotatable bonds is 5. The van der Waals surface area contributed by atoms with Crippen LogP contribution in [0.25, 0.3) is 0 Å². The Kier molecular flexibility index (Phi) is 5.60. The van der Waals surface area contributed by atoms with E-state index in [0.29, 0.717) is 0 Å². The predicted molar refractivity (Wildman–Crippen MR) is 82.5 cm³/mol. The molecule has 2 rings (SSSR count). The zero-order valence-electron chi connectivity index (χ0n) is 12.7. The van der Waals surface area contributed by atoms with Crippen molar-refractivity contribution < 1.29 is 4.79 Å². The van der Waals surface area contributed by atoms with Crippen molar-refractivity contribution >= 4 is 5.91 Å². The maximum absolute atomic E-state index is 12.6. The molecule has 0 spiro atoms. The quantitative estimate of drug-likeness (QED) is 0.895. The Labute approximate surface area is 122 Å². The van der Waals surface area contributed by atoms with Crippen molar-refractivity contribution in [2.75, 3.05) is 13.1 Å². The molecule has 0 saturated carbocycles. The number of aryl methyl sites for hydroxylation is 1. The van der Waals surface area contributed by atoms with Crippen LogP contribution < -0.4 is 5.32 Å². The molecule has 1 N–H and O–H groups in total. The molecule has 3 heteroatoms. The molecular formula is C17H26N2O. The first-order chi connectivity index (χ1) is 9.70. The number of piperidine rings is 1. The first-order valence-electron chi connectivity index (χ1n) is 7.78. The van der Waals surface area contributed by atoms with E-state index in [1.165, 1.54) is 17.5 Å². The van der Waals surface area contributed by atoms with Gasteiger partial charge in [0.25, 0.3) is 0 Å². The summed E-state index contributed by atoms with van der Waals surface area (Å²) in [4.78, 5) is 14.6. The van der Waals surface area contributed by atoms with Crippen molar-refractivity contribution in [1.82, 2.24) is 10.2 Å². The normalized spacial score (nSPS) is 18.8. The molecule has 1 aromatic rings. The SMILES string of the molecule is CCCN(Cc1ccc(C)cc1)C(=O)C1CCCCN1. The van der Waals surface area contributed by atoms with Crippen molar-refractivity contribution in [1.29, 1.82) is 0 Å². The Morgan fingerprint density at radius 2 is 2.05 bits per heavy atom. The van der Waals surface area contributed by atoms with E-state index in [1.54, 1.807) is 0 Å². The second-order valence-corrected chi connectivity index (χ2v) is 5.75. The monoisotopic (exact) mass is 274 g/mol. The third-order valence-corrected chi connectivity index (χ3v) is 3.91. The van der Waals surface area contributed by atoms with Crippen molar-refractivity contribution in [2.24, 2.45) is 0 Å². The fraction of sp³-hybridized carbons (Fsp3) is 0.588. The zero-order valence-corrected chi connectivity index (χ0v) is 12.7. The lowest BCUT2D eigenvalue weighted by molar-refractivity contribution is -0.134. The highest BCUT2D eigenvalue weighted by atomic mass is 16.2. The summed E-state index contributed by atoms with van der Waals surface area (Å²) in [6.07, 6.45) is 4.33. The first-order valence-corrected chi connectivity index (χ1v) is 7.78. The molecule has 1 aromatic carbocycles. The fourth-order valence-electron chi connectivity index (χ4n) is 2.73. The Hall–Kier alpha value is -1.35. The summed E-state index contributed by atoms with van der Waals surface area (Å²) in [5.41, 5.74) is 2.48. The van der Waals surface area contributed by atoms with Crippen LogP contribution in [0.15, 0.2) is 24.3 Å². The minimum Gasteiger partial charge on any atom is -0.337 e. The largest absolute Gasteiger partial charge is 0.337 e. The molecule has 0 radical (unpaired) electrons. The second-order valence-electron chi connectivity index (χ2n) is 5.75. The molecule has 0 bridgehead atoms. The van der Waals surface area contributed by atoms with Crippen LogP contribution in [0.2, 0.25) is 0 Å². The third kappa shape index (κ3) is 4.07.